The largest absolute Gasteiger partial charge is 0.462 e. The van der Waals surface area contributed by atoms with Gasteiger partial charge in [0.15, 0.2) is 0 Å². The van der Waals surface area contributed by atoms with Gasteiger partial charge in [-0.2, -0.15) is 0 Å². The zero-order valence-electron chi connectivity index (χ0n) is 12.7. The minimum atomic E-state index is -0.506. The molecule has 0 radical (unpaired) electrons. The van der Waals surface area contributed by atoms with Crippen LogP contribution in [0.4, 0.5) is 10.1 Å². The van der Waals surface area contributed by atoms with Crippen LogP contribution in [0.1, 0.15) is 17.3 Å². The lowest BCUT2D eigenvalue weighted by atomic mass is 9.94. The molecular weight excluding hydrogens is 293 g/mol. The summed E-state index contributed by atoms with van der Waals surface area (Å²) in [6.45, 7) is 1.98. The van der Waals surface area contributed by atoms with E-state index in [1.165, 1.54) is 12.1 Å². The second-order valence-corrected chi connectivity index (χ2v) is 5.16. The molecule has 3 rings (SSSR count). The van der Waals surface area contributed by atoms with Crippen LogP contribution in [-0.4, -0.2) is 12.6 Å². The molecule has 0 saturated heterocycles. The Morgan fingerprint density at radius 1 is 1.09 bits per heavy atom. The highest BCUT2D eigenvalue weighted by atomic mass is 19.1. The molecule has 3 nitrogen and oxygen atoms in total. The molecule has 0 saturated carbocycles. The van der Waals surface area contributed by atoms with Crippen molar-refractivity contribution in [3.05, 3.63) is 66.0 Å². The van der Waals surface area contributed by atoms with Crippen molar-refractivity contribution in [2.45, 2.75) is 6.92 Å². The summed E-state index contributed by atoms with van der Waals surface area (Å²) in [5.74, 6) is -0.905. The topological polar surface area (TPSA) is 52.3 Å². The van der Waals surface area contributed by atoms with Crippen LogP contribution >= 0.6 is 0 Å². The molecule has 0 aliphatic carbocycles. The number of carbonyl (C=O) groups excluding carboxylic acids is 1. The van der Waals surface area contributed by atoms with Crippen LogP contribution in [0, 0.1) is 5.82 Å². The number of hydrogen-bond donors (Lipinski definition) is 1. The van der Waals surface area contributed by atoms with E-state index in [1.807, 2.05) is 30.3 Å². The monoisotopic (exact) mass is 309 g/mol. The van der Waals surface area contributed by atoms with Gasteiger partial charge in [0.1, 0.15) is 5.82 Å². The van der Waals surface area contributed by atoms with E-state index in [-0.39, 0.29) is 17.9 Å². The molecule has 0 heterocycles. The fourth-order valence-corrected chi connectivity index (χ4v) is 2.65. The van der Waals surface area contributed by atoms with E-state index in [4.69, 9.17) is 10.5 Å². The number of carbonyl (C=O) groups is 1. The number of fused-ring (bicyclic) bond motifs is 1. The Morgan fingerprint density at radius 2 is 1.83 bits per heavy atom. The van der Waals surface area contributed by atoms with Crippen molar-refractivity contribution in [2.75, 3.05) is 12.3 Å². The zero-order valence-corrected chi connectivity index (χ0v) is 12.7. The van der Waals surface area contributed by atoms with Gasteiger partial charge in [0.25, 0.3) is 0 Å². The maximum absolute atomic E-state index is 13.7. The van der Waals surface area contributed by atoms with Gasteiger partial charge >= 0.3 is 5.97 Å². The molecule has 0 fully saturated rings. The van der Waals surface area contributed by atoms with Gasteiger partial charge in [0.05, 0.1) is 17.9 Å². The Bertz CT molecular complexity index is 875. The van der Waals surface area contributed by atoms with Gasteiger partial charge in [0.2, 0.25) is 0 Å². The lowest BCUT2D eigenvalue weighted by Gasteiger charge is -2.14. The minimum Gasteiger partial charge on any atom is -0.462 e. The van der Waals surface area contributed by atoms with Crippen LogP contribution in [0.5, 0.6) is 0 Å². The predicted octanol–water partition coefficient (Wildman–Crippen LogP) is 4.40. The third kappa shape index (κ3) is 2.75. The number of anilines is 1. The second kappa shape index (κ2) is 6.08. The van der Waals surface area contributed by atoms with Gasteiger partial charge in [-0.15, -0.1) is 0 Å². The maximum Gasteiger partial charge on any atom is 0.340 e. The molecule has 0 unspecified atom stereocenters. The van der Waals surface area contributed by atoms with Crippen molar-refractivity contribution in [1.82, 2.24) is 0 Å². The van der Waals surface area contributed by atoms with Gasteiger partial charge in [0, 0.05) is 5.39 Å². The summed E-state index contributed by atoms with van der Waals surface area (Å²) in [6, 6.07) is 15.7. The average molecular weight is 309 g/mol. The molecule has 116 valence electrons. The van der Waals surface area contributed by atoms with Crippen molar-refractivity contribution < 1.29 is 13.9 Å². The van der Waals surface area contributed by atoms with Crippen molar-refractivity contribution in [3.8, 4) is 11.1 Å². The van der Waals surface area contributed by atoms with E-state index >= 15 is 0 Å². The molecule has 3 aromatic rings. The molecule has 0 spiro atoms. The highest BCUT2D eigenvalue weighted by Gasteiger charge is 2.17. The normalized spacial score (nSPS) is 10.7. The molecule has 0 aliphatic heterocycles. The van der Waals surface area contributed by atoms with Crippen LogP contribution in [-0.2, 0) is 4.74 Å². The quantitative estimate of drug-likeness (QED) is 0.576. The van der Waals surface area contributed by atoms with Crippen molar-refractivity contribution in [3.63, 3.8) is 0 Å². The van der Waals surface area contributed by atoms with Crippen molar-refractivity contribution in [2.24, 2.45) is 0 Å². The van der Waals surface area contributed by atoms with Crippen LogP contribution in [0.3, 0.4) is 0 Å². The van der Waals surface area contributed by atoms with Gasteiger partial charge in [-0.05, 0) is 41.6 Å². The zero-order chi connectivity index (χ0) is 16.4. The van der Waals surface area contributed by atoms with E-state index in [0.717, 1.165) is 16.5 Å². The number of ether oxygens (including phenoxy) is 1. The Kier molecular flexibility index (Phi) is 3.98. The first-order valence-electron chi connectivity index (χ1n) is 7.36. The summed E-state index contributed by atoms with van der Waals surface area (Å²) in [4.78, 5) is 12.2. The summed E-state index contributed by atoms with van der Waals surface area (Å²) in [5.41, 5.74) is 8.33. The summed E-state index contributed by atoms with van der Waals surface area (Å²) in [5, 5.41) is 1.30. The van der Waals surface area contributed by atoms with Crippen LogP contribution in [0.2, 0.25) is 0 Å². The Labute approximate surface area is 133 Å². The molecule has 0 aliphatic rings. The molecule has 0 atom stereocenters. The van der Waals surface area contributed by atoms with Crippen LogP contribution < -0.4 is 5.73 Å². The van der Waals surface area contributed by atoms with E-state index in [2.05, 4.69) is 0 Å². The molecule has 23 heavy (non-hydrogen) atoms. The predicted molar refractivity (Wildman–Crippen MR) is 89.7 cm³/mol. The van der Waals surface area contributed by atoms with E-state index in [9.17, 15) is 9.18 Å². The maximum atomic E-state index is 13.7. The average Bonchev–Trinajstić information content (AvgIpc) is 2.56. The summed E-state index contributed by atoms with van der Waals surface area (Å²) in [7, 11) is 0. The van der Waals surface area contributed by atoms with E-state index < -0.39 is 11.8 Å². The summed E-state index contributed by atoms with van der Waals surface area (Å²) < 4.78 is 18.7. The van der Waals surface area contributed by atoms with Crippen LogP contribution in [0.15, 0.2) is 54.6 Å². The van der Waals surface area contributed by atoms with Crippen LogP contribution in [0.25, 0.3) is 21.9 Å². The highest BCUT2D eigenvalue weighted by Crippen LogP contribution is 2.35. The molecule has 0 amide bonds. The van der Waals surface area contributed by atoms with Gasteiger partial charge < -0.3 is 10.5 Å². The Hall–Kier alpha value is -2.88. The lowest BCUT2D eigenvalue weighted by molar-refractivity contribution is 0.0528. The first-order chi connectivity index (χ1) is 11.1. The Balaban J connectivity index is 2.34. The molecule has 2 N–H and O–H groups in total. The fraction of sp³-hybridized carbons (Fsp3) is 0.105. The number of nitrogen functional groups attached to an aromatic ring is 1. The van der Waals surface area contributed by atoms with Gasteiger partial charge in [-0.3, -0.25) is 0 Å². The molecule has 3 aromatic carbocycles. The van der Waals surface area contributed by atoms with Crippen molar-refractivity contribution >= 4 is 22.4 Å². The minimum absolute atomic E-state index is 0.234. The standard InChI is InChI=1S/C19H16FNO2/c1-2-23-19(22)17-11-15(12-6-4-3-5-7-12)14-9-8-13(20)10-16(14)18(17)21/h3-11H,2,21H2,1H3. The van der Waals surface area contributed by atoms with E-state index in [1.54, 1.807) is 19.1 Å². The molecule has 0 aromatic heterocycles. The van der Waals surface area contributed by atoms with Crippen molar-refractivity contribution in [1.29, 1.82) is 0 Å². The highest BCUT2D eigenvalue weighted by molar-refractivity contribution is 6.11. The molecular formula is C19H16FNO2. The fourth-order valence-electron chi connectivity index (χ4n) is 2.65. The number of hydrogen-bond acceptors (Lipinski definition) is 3. The number of nitrogens with two attached hydrogens (primary N) is 1. The number of esters is 1. The lowest BCUT2D eigenvalue weighted by Crippen LogP contribution is -2.09. The summed E-state index contributed by atoms with van der Waals surface area (Å²) in [6.07, 6.45) is 0. The molecule has 4 heteroatoms. The summed E-state index contributed by atoms with van der Waals surface area (Å²) >= 11 is 0. The third-order valence-electron chi connectivity index (χ3n) is 3.72. The van der Waals surface area contributed by atoms with E-state index in [0.29, 0.717) is 5.39 Å². The SMILES string of the molecule is CCOC(=O)c1cc(-c2ccccc2)c2ccc(F)cc2c1N. The first kappa shape index (κ1) is 15.0. The smallest absolute Gasteiger partial charge is 0.340 e. The third-order valence-corrected chi connectivity index (χ3v) is 3.72. The second-order valence-electron chi connectivity index (χ2n) is 5.16. The number of halogens is 1. The van der Waals surface area contributed by atoms with Gasteiger partial charge in [-0.1, -0.05) is 36.4 Å². The number of rotatable bonds is 3. The number of benzene rings is 3. The van der Waals surface area contributed by atoms with Gasteiger partial charge in [-0.25, -0.2) is 9.18 Å². The molecule has 0 bridgehead atoms. The Morgan fingerprint density at radius 3 is 2.52 bits per heavy atom. The first-order valence-corrected chi connectivity index (χ1v) is 7.36.